The minimum atomic E-state index is -0.244. The van der Waals surface area contributed by atoms with E-state index in [1.54, 1.807) is 20.3 Å². The maximum Gasteiger partial charge on any atom is 0.232 e. The predicted octanol–water partition coefficient (Wildman–Crippen LogP) is 3.64. The third kappa shape index (κ3) is 2.50. The number of carbonyl (C=O) groups is 1. The minimum Gasteiger partial charge on any atom is -0.493 e. The lowest BCUT2D eigenvalue weighted by Gasteiger charge is -2.14. The molecule has 114 valence electrons. The average Bonchev–Trinajstić information content (AvgIpc) is 2.84. The lowest BCUT2D eigenvalue weighted by Crippen LogP contribution is -2.14. The van der Waals surface area contributed by atoms with Gasteiger partial charge < -0.3 is 14.8 Å². The van der Waals surface area contributed by atoms with E-state index in [9.17, 15) is 4.79 Å². The zero-order valence-electron chi connectivity index (χ0n) is 12.4. The Morgan fingerprint density at radius 2 is 1.82 bits per heavy atom. The highest BCUT2D eigenvalue weighted by atomic mass is 35.5. The zero-order chi connectivity index (χ0) is 15.7. The van der Waals surface area contributed by atoms with E-state index < -0.39 is 0 Å². The van der Waals surface area contributed by atoms with E-state index in [4.69, 9.17) is 21.1 Å². The number of halogens is 1. The fourth-order valence-electron chi connectivity index (χ4n) is 2.75. The first-order valence-electron chi connectivity index (χ1n) is 6.94. The molecular weight excluding hydrogens is 302 g/mol. The highest BCUT2D eigenvalue weighted by molar-refractivity contribution is 6.31. The normalized spacial score (nSPS) is 16.1. The van der Waals surface area contributed by atoms with Gasteiger partial charge in [-0.1, -0.05) is 29.8 Å². The van der Waals surface area contributed by atoms with Gasteiger partial charge in [-0.3, -0.25) is 4.79 Å². The van der Waals surface area contributed by atoms with Crippen molar-refractivity contribution >= 4 is 23.2 Å². The molecular formula is C17H16ClNO3. The van der Waals surface area contributed by atoms with Gasteiger partial charge in [0.15, 0.2) is 11.5 Å². The van der Waals surface area contributed by atoms with Gasteiger partial charge in [0.05, 0.1) is 20.1 Å². The van der Waals surface area contributed by atoms with Gasteiger partial charge in [-0.2, -0.15) is 0 Å². The summed E-state index contributed by atoms with van der Waals surface area (Å²) in [5, 5.41) is 3.47. The number of anilines is 1. The maximum absolute atomic E-state index is 12.2. The summed E-state index contributed by atoms with van der Waals surface area (Å²) in [5.74, 6) is 0.931. The smallest absolute Gasteiger partial charge is 0.232 e. The Balaban J connectivity index is 1.95. The van der Waals surface area contributed by atoms with Crippen LogP contribution in [0.15, 0.2) is 36.4 Å². The number of hydrogen-bond acceptors (Lipinski definition) is 3. The van der Waals surface area contributed by atoms with Crippen molar-refractivity contribution < 1.29 is 14.3 Å². The Morgan fingerprint density at radius 3 is 2.55 bits per heavy atom. The molecule has 2 aromatic rings. The quantitative estimate of drug-likeness (QED) is 0.936. The van der Waals surface area contributed by atoms with Crippen LogP contribution in [0.3, 0.4) is 0 Å². The Bertz CT molecular complexity index is 730. The monoisotopic (exact) mass is 317 g/mol. The molecule has 0 aliphatic carbocycles. The highest BCUT2D eigenvalue weighted by Gasteiger charge is 2.31. The van der Waals surface area contributed by atoms with Gasteiger partial charge in [-0.25, -0.2) is 0 Å². The van der Waals surface area contributed by atoms with Crippen LogP contribution in [0.25, 0.3) is 0 Å². The van der Waals surface area contributed by atoms with Crippen molar-refractivity contribution in [2.75, 3.05) is 19.5 Å². The molecule has 1 aliphatic heterocycles. The molecule has 1 N–H and O–H groups in total. The number of fused-ring (bicyclic) bond motifs is 1. The minimum absolute atomic E-state index is 0.00736. The van der Waals surface area contributed by atoms with Crippen LogP contribution >= 0.6 is 11.6 Å². The number of rotatable bonds is 4. The van der Waals surface area contributed by atoms with E-state index in [0.29, 0.717) is 22.9 Å². The van der Waals surface area contributed by atoms with Crippen LogP contribution in [0.2, 0.25) is 5.02 Å². The molecule has 0 radical (unpaired) electrons. The largest absolute Gasteiger partial charge is 0.493 e. The molecule has 1 aliphatic rings. The number of hydrogen-bond donors (Lipinski definition) is 1. The van der Waals surface area contributed by atoms with Gasteiger partial charge in [0.25, 0.3) is 0 Å². The van der Waals surface area contributed by atoms with Crippen LogP contribution in [0.1, 0.15) is 17.0 Å². The van der Waals surface area contributed by atoms with E-state index in [1.807, 2.05) is 30.3 Å². The second-order valence-electron chi connectivity index (χ2n) is 5.13. The van der Waals surface area contributed by atoms with Crippen molar-refractivity contribution in [2.24, 2.45) is 0 Å². The maximum atomic E-state index is 12.2. The summed E-state index contributed by atoms with van der Waals surface area (Å²) in [5.41, 5.74) is 2.73. The number of ether oxygens (including phenoxy) is 2. The van der Waals surface area contributed by atoms with Gasteiger partial charge in [0.1, 0.15) is 0 Å². The molecule has 4 nitrogen and oxygen atoms in total. The molecule has 3 rings (SSSR count). The summed E-state index contributed by atoms with van der Waals surface area (Å²) in [7, 11) is 3.14. The van der Waals surface area contributed by atoms with E-state index in [1.165, 1.54) is 0 Å². The van der Waals surface area contributed by atoms with Crippen LogP contribution in [0.4, 0.5) is 5.69 Å². The SMILES string of the molecule is COc1cc(Cl)c(C[C@H]2C(=O)Nc3ccccc32)cc1OC. The van der Waals surface area contributed by atoms with Crippen LogP contribution in [-0.2, 0) is 11.2 Å². The Hall–Kier alpha value is -2.20. The topological polar surface area (TPSA) is 47.6 Å². The molecule has 1 heterocycles. The first-order valence-corrected chi connectivity index (χ1v) is 7.32. The van der Waals surface area contributed by atoms with Crippen molar-refractivity contribution in [3.05, 3.63) is 52.5 Å². The molecule has 22 heavy (non-hydrogen) atoms. The molecule has 0 aromatic heterocycles. The van der Waals surface area contributed by atoms with E-state index in [0.717, 1.165) is 16.8 Å². The molecule has 0 unspecified atom stereocenters. The second-order valence-corrected chi connectivity index (χ2v) is 5.54. The zero-order valence-corrected chi connectivity index (χ0v) is 13.1. The molecule has 0 saturated carbocycles. The fourth-order valence-corrected chi connectivity index (χ4v) is 2.98. The number of nitrogens with one attached hydrogen (secondary N) is 1. The van der Waals surface area contributed by atoms with Gasteiger partial charge in [-0.15, -0.1) is 0 Å². The molecule has 2 aromatic carbocycles. The lowest BCUT2D eigenvalue weighted by atomic mass is 9.93. The standard InChI is InChI=1S/C17H16ClNO3/c1-21-15-8-10(13(18)9-16(15)22-2)7-12-11-5-3-4-6-14(11)19-17(12)20/h3-6,8-9,12H,7H2,1-2H3,(H,19,20)/t12-/m1/s1. The Kier molecular flexibility index (Phi) is 3.94. The molecule has 0 fully saturated rings. The first kappa shape index (κ1) is 14.7. The van der Waals surface area contributed by atoms with Crippen LogP contribution in [0.5, 0.6) is 11.5 Å². The third-order valence-corrected chi connectivity index (χ3v) is 4.24. The Morgan fingerprint density at radius 1 is 1.14 bits per heavy atom. The lowest BCUT2D eigenvalue weighted by molar-refractivity contribution is -0.117. The number of carbonyl (C=O) groups excluding carboxylic acids is 1. The third-order valence-electron chi connectivity index (χ3n) is 3.89. The van der Waals surface area contributed by atoms with Gasteiger partial charge >= 0.3 is 0 Å². The van der Waals surface area contributed by atoms with Gasteiger partial charge in [-0.05, 0) is 29.7 Å². The molecule has 1 amide bonds. The highest BCUT2D eigenvalue weighted by Crippen LogP contribution is 2.39. The average molecular weight is 318 g/mol. The second kappa shape index (κ2) is 5.89. The number of para-hydroxylation sites is 1. The predicted molar refractivity (Wildman–Crippen MR) is 86.1 cm³/mol. The van der Waals surface area contributed by atoms with Crippen LogP contribution in [-0.4, -0.2) is 20.1 Å². The Labute approximate surface area is 134 Å². The van der Waals surface area contributed by atoms with E-state index in [-0.39, 0.29) is 11.8 Å². The van der Waals surface area contributed by atoms with Crippen LogP contribution in [0, 0.1) is 0 Å². The van der Waals surface area contributed by atoms with E-state index in [2.05, 4.69) is 5.32 Å². The van der Waals surface area contributed by atoms with Crippen molar-refractivity contribution in [1.82, 2.24) is 0 Å². The number of amides is 1. The summed E-state index contributed by atoms with van der Waals surface area (Å²) in [6.07, 6.45) is 0.516. The molecule has 0 spiro atoms. The molecule has 0 bridgehead atoms. The summed E-state index contributed by atoms with van der Waals surface area (Å²) in [6, 6.07) is 11.3. The van der Waals surface area contributed by atoms with Crippen molar-refractivity contribution in [3.8, 4) is 11.5 Å². The summed E-state index contributed by atoms with van der Waals surface area (Å²) in [6.45, 7) is 0. The first-order chi connectivity index (χ1) is 10.6. The van der Waals surface area contributed by atoms with E-state index >= 15 is 0 Å². The van der Waals surface area contributed by atoms with Crippen molar-refractivity contribution in [3.63, 3.8) is 0 Å². The van der Waals surface area contributed by atoms with Gasteiger partial charge in [0, 0.05) is 16.8 Å². The molecule has 0 saturated heterocycles. The summed E-state index contributed by atoms with van der Waals surface area (Å²) >= 11 is 6.32. The number of benzene rings is 2. The molecule has 5 heteroatoms. The summed E-state index contributed by atoms with van der Waals surface area (Å²) in [4.78, 5) is 12.2. The van der Waals surface area contributed by atoms with Crippen molar-refractivity contribution in [2.45, 2.75) is 12.3 Å². The molecule has 1 atom stereocenters. The van der Waals surface area contributed by atoms with Crippen LogP contribution < -0.4 is 14.8 Å². The summed E-state index contributed by atoms with van der Waals surface area (Å²) < 4.78 is 10.5. The van der Waals surface area contributed by atoms with Crippen molar-refractivity contribution in [1.29, 1.82) is 0 Å². The fraction of sp³-hybridized carbons (Fsp3) is 0.235. The number of methoxy groups -OCH3 is 2. The van der Waals surface area contributed by atoms with Gasteiger partial charge in [0.2, 0.25) is 5.91 Å².